The molecule has 31 heavy (non-hydrogen) atoms. The van der Waals surface area contributed by atoms with E-state index in [9.17, 15) is 9.59 Å². The number of para-hydroxylation sites is 2. The minimum Gasteiger partial charge on any atom is -0.496 e. The summed E-state index contributed by atoms with van der Waals surface area (Å²) in [6.45, 7) is 6.34. The van der Waals surface area contributed by atoms with Crippen LogP contribution in [-0.4, -0.2) is 52.8 Å². The van der Waals surface area contributed by atoms with E-state index in [-0.39, 0.29) is 30.3 Å². The summed E-state index contributed by atoms with van der Waals surface area (Å²) >= 11 is 0. The fourth-order valence-electron chi connectivity index (χ4n) is 5.28. The third-order valence-corrected chi connectivity index (χ3v) is 6.91. The summed E-state index contributed by atoms with van der Waals surface area (Å²) in [5, 5.41) is 1.08. The molecule has 0 radical (unpaired) electrons. The van der Waals surface area contributed by atoms with Gasteiger partial charge in [-0.1, -0.05) is 36.4 Å². The van der Waals surface area contributed by atoms with Gasteiger partial charge in [-0.15, -0.1) is 0 Å². The van der Waals surface area contributed by atoms with E-state index in [0.717, 1.165) is 33.5 Å². The fraction of sp³-hybridized carbons (Fsp3) is 0.360. The highest BCUT2D eigenvalue weighted by atomic mass is 16.5. The maximum absolute atomic E-state index is 13.8. The third-order valence-electron chi connectivity index (χ3n) is 6.91. The summed E-state index contributed by atoms with van der Waals surface area (Å²) in [7, 11) is 1.66. The van der Waals surface area contributed by atoms with Crippen molar-refractivity contribution in [2.75, 3.05) is 20.2 Å². The van der Waals surface area contributed by atoms with Gasteiger partial charge in [-0.05, 0) is 38.5 Å². The minimum absolute atomic E-state index is 0.0278. The Kier molecular flexibility index (Phi) is 4.36. The number of carbonyl (C=O) groups excluding carboxylic acids is 2. The van der Waals surface area contributed by atoms with Gasteiger partial charge in [0.05, 0.1) is 12.8 Å². The number of ether oxygens (including phenoxy) is 1. The summed E-state index contributed by atoms with van der Waals surface area (Å²) in [4.78, 5) is 34.1. The monoisotopic (exact) mass is 417 g/mol. The molecule has 2 aliphatic rings. The van der Waals surface area contributed by atoms with Crippen molar-refractivity contribution in [3.05, 3.63) is 65.4 Å². The summed E-state index contributed by atoms with van der Waals surface area (Å²) in [6.07, 6.45) is 0. The molecule has 1 N–H and O–H groups in total. The highest BCUT2D eigenvalue weighted by Crippen LogP contribution is 2.49. The van der Waals surface area contributed by atoms with Crippen molar-refractivity contribution < 1.29 is 14.3 Å². The summed E-state index contributed by atoms with van der Waals surface area (Å²) < 4.78 is 5.67. The molecule has 5 rings (SSSR count). The van der Waals surface area contributed by atoms with Crippen LogP contribution in [0.3, 0.4) is 0 Å². The van der Waals surface area contributed by atoms with Gasteiger partial charge in [-0.25, -0.2) is 0 Å². The number of hydrogen-bond donors (Lipinski definition) is 1. The van der Waals surface area contributed by atoms with Crippen molar-refractivity contribution in [1.29, 1.82) is 0 Å². The minimum atomic E-state index is -1.06. The van der Waals surface area contributed by atoms with Gasteiger partial charge >= 0.3 is 0 Å². The lowest BCUT2D eigenvalue weighted by Crippen LogP contribution is -2.68. The van der Waals surface area contributed by atoms with Crippen molar-refractivity contribution in [2.45, 2.75) is 38.3 Å². The van der Waals surface area contributed by atoms with Gasteiger partial charge in [0.2, 0.25) is 5.91 Å². The third kappa shape index (κ3) is 2.63. The van der Waals surface area contributed by atoms with Crippen LogP contribution in [0.4, 0.5) is 0 Å². The number of rotatable bonds is 3. The number of H-pyrrole nitrogens is 1. The van der Waals surface area contributed by atoms with E-state index >= 15 is 0 Å². The maximum atomic E-state index is 13.8. The molecule has 2 amide bonds. The van der Waals surface area contributed by atoms with Crippen molar-refractivity contribution in [1.82, 2.24) is 14.8 Å². The molecule has 0 aliphatic carbocycles. The van der Waals surface area contributed by atoms with Crippen molar-refractivity contribution in [3.63, 3.8) is 0 Å². The van der Waals surface area contributed by atoms with Crippen LogP contribution in [0.1, 0.15) is 43.5 Å². The predicted molar refractivity (Wildman–Crippen MR) is 119 cm³/mol. The molecule has 2 aromatic carbocycles. The molecule has 3 aromatic rings. The Balaban J connectivity index is 1.80. The number of fused-ring (bicyclic) bond motifs is 5. The normalized spacial score (nSPS) is 23.3. The second kappa shape index (κ2) is 6.87. The van der Waals surface area contributed by atoms with E-state index in [1.807, 2.05) is 63.2 Å². The molecule has 0 bridgehead atoms. The number of hydrogen-bond acceptors (Lipinski definition) is 3. The van der Waals surface area contributed by atoms with Crippen molar-refractivity contribution >= 4 is 22.7 Å². The zero-order valence-electron chi connectivity index (χ0n) is 18.3. The van der Waals surface area contributed by atoms with Gasteiger partial charge in [0.1, 0.15) is 12.3 Å². The molecule has 2 atom stereocenters. The molecule has 2 aliphatic heterocycles. The number of piperazine rings is 1. The van der Waals surface area contributed by atoms with Crippen LogP contribution in [0.15, 0.2) is 48.5 Å². The number of benzene rings is 2. The molecule has 1 aromatic heterocycles. The van der Waals surface area contributed by atoms with Crippen molar-refractivity contribution in [2.24, 2.45) is 0 Å². The highest BCUT2D eigenvalue weighted by molar-refractivity contribution is 6.01. The number of nitrogens with zero attached hydrogens (tertiary/aromatic N) is 2. The molecule has 6 heteroatoms. The topological polar surface area (TPSA) is 65.6 Å². The number of amides is 2. The van der Waals surface area contributed by atoms with Crippen LogP contribution in [0, 0.1) is 0 Å². The Morgan fingerprint density at radius 1 is 1.10 bits per heavy atom. The molecule has 1 saturated heterocycles. The first-order valence-electron chi connectivity index (χ1n) is 10.7. The number of aromatic nitrogens is 1. The number of aromatic amines is 1. The second-order valence-corrected chi connectivity index (χ2v) is 8.86. The Hall–Kier alpha value is -3.28. The van der Waals surface area contributed by atoms with Crippen LogP contribution in [0.2, 0.25) is 0 Å². The standard InChI is InChI=1S/C25H27N3O3/c1-15(2)27-14-21(29)28-13-18(16-9-6-8-12-20(16)31-4)22-17-10-5-7-11-19(17)26-23(22)25(28,3)24(27)30/h5-12,15,18,26H,13-14H2,1-4H3. The molecular weight excluding hydrogens is 390 g/mol. The first-order valence-corrected chi connectivity index (χ1v) is 10.7. The Labute approximate surface area is 181 Å². The van der Waals surface area contributed by atoms with E-state index in [2.05, 4.69) is 11.1 Å². The van der Waals surface area contributed by atoms with E-state index < -0.39 is 5.54 Å². The van der Waals surface area contributed by atoms with Crippen LogP contribution in [0.25, 0.3) is 10.9 Å². The maximum Gasteiger partial charge on any atom is 0.255 e. The van der Waals surface area contributed by atoms with Crippen LogP contribution >= 0.6 is 0 Å². The average Bonchev–Trinajstić information content (AvgIpc) is 3.17. The van der Waals surface area contributed by atoms with Crippen molar-refractivity contribution in [3.8, 4) is 5.75 Å². The summed E-state index contributed by atoms with van der Waals surface area (Å²) in [5.74, 6) is 0.623. The average molecular weight is 418 g/mol. The second-order valence-electron chi connectivity index (χ2n) is 8.86. The van der Waals surface area contributed by atoms with Gasteiger partial charge < -0.3 is 19.5 Å². The molecule has 0 saturated carbocycles. The molecule has 160 valence electrons. The lowest BCUT2D eigenvalue weighted by Gasteiger charge is -2.52. The molecular formula is C25H27N3O3. The molecule has 0 spiro atoms. The zero-order chi connectivity index (χ0) is 21.9. The zero-order valence-corrected chi connectivity index (χ0v) is 18.3. The SMILES string of the molecule is COc1ccccc1C1CN2C(=O)CN(C(C)C)C(=O)C2(C)c2[nH]c3ccccc3c21. The fourth-order valence-corrected chi connectivity index (χ4v) is 5.28. The Bertz CT molecular complexity index is 1200. The van der Waals surface area contributed by atoms with Gasteiger partial charge in [-0.2, -0.15) is 0 Å². The number of carbonyl (C=O) groups is 2. The summed E-state index contributed by atoms with van der Waals surface area (Å²) in [5.41, 5.74) is 2.80. The largest absolute Gasteiger partial charge is 0.496 e. The van der Waals surface area contributed by atoms with E-state index in [1.54, 1.807) is 16.9 Å². The first-order chi connectivity index (χ1) is 14.9. The van der Waals surface area contributed by atoms with Crippen LogP contribution in [0.5, 0.6) is 5.75 Å². The van der Waals surface area contributed by atoms with E-state index in [1.165, 1.54) is 0 Å². The van der Waals surface area contributed by atoms with Crippen LogP contribution in [-0.2, 0) is 15.1 Å². The first kappa shape index (κ1) is 19.7. The van der Waals surface area contributed by atoms with Gasteiger partial charge in [-0.3, -0.25) is 9.59 Å². The Morgan fingerprint density at radius 3 is 2.55 bits per heavy atom. The van der Waals surface area contributed by atoms with Gasteiger partial charge in [0.25, 0.3) is 5.91 Å². The lowest BCUT2D eigenvalue weighted by atomic mass is 9.76. The summed E-state index contributed by atoms with van der Waals surface area (Å²) in [6, 6.07) is 16.0. The van der Waals surface area contributed by atoms with Gasteiger partial charge in [0.15, 0.2) is 5.54 Å². The highest BCUT2D eigenvalue weighted by Gasteiger charge is 2.56. The van der Waals surface area contributed by atoms with Gasteiger partial charge in [0, 0.05) is 35.0 Å². The molecule has 6 nitrogen and oxygen atoms in total. The van der Waals surface area contributed by atoms with Crippen LogP contribution < -0.4 is 4.74 Å². The quantitative estimate of drug-likeness (QED) is 0.708. The number of nitrogens with one attached hydrogen (secondary N) is 1. The molecule has 2 unspecified atom stereocenters. The smallest absolute Gasteiger partial charge is 0.255 e. The predicted octanol–water partition coefficient (Wildman–Crippen LogP) is 3.62. The number of methoxy groups -OCH3 is 1. The van der Waals surface area contributed by atoms with E-state index in [0.29, 0.717) is 6.54 Å². The van der Waals surface area contributed by atoms with E-state index in [4.69, 9.17) is 4.74 Å². The molecule has 3 heterocycles. The molecule has 1 fully saturated rings. The lowest BCUT2D eigenvalue weighted by molar-refractivity contribution is -0.168. The Morgan fingerprint density at radius 2 is 1.81 bits per heavy atom.